The molecule has 122 valence electrons. The second kappa shape index (κ2) is 7.58. The van der Waals surface area contributed by atoms with Gasteiger partial charge < -0.3 is 0 Å². The van der Waals surface area contributed by atoms with E-state index < -0.39 is 0 Å². The molecule has 0 amide bonds. The molecule has 1 aromatic heterocycles. The minimum absolute atomic E-state index is 0.297. The van der Waals surface area contributed by atoms with Crippen LogP contribution in [0.15, 0.2) is 95.5 Å². The predicted molar refractivity (Wildman–Crippen MR) is 111 cm³/mol. The van der Waals surface area contributed by atoms with E-state index in [1.807, 2.05) is 0 Å². The van der Waals surface area contributed by atoms with E-state index in [1.54, 1.807) is 0 Å². The fourth-order valence-corrected chi connectivity index (χ4v) is 6.85. The molecule has 0 aliphatic heterocycles. The Balaban J connectivity index is 1.87. The standard InChI is InChI=1S/C23H17BrSe/c24-21-20(16-17-10-4-1-5-11-17)22(18-12-6-2-7-13-18)25-23(21)19-14-8-3-9-15-19/h1-15H,16H2. The summed E-state index contributed by atoms with van der Waals surface area (Å²) in [6, 6.07) is 32.3. The van der Waals surface area contributed by atoms with Crippen molar-refractivity contribution in [2.45, 2.75) is 6.42 Å². The van der Waals surface area contributed by atoms with Crippen LogP contribution < -0.4 is 0 Å². The number of rotatable bonds is 4. The Labute approximate surface area is 163 Å². The Morgan fingerprint density at radius 2 is 1.08 bits per heavy atom. The summed E-state index contributed by atoms with van der Waals surface area (Å²) < 4.78 is 4.21. The molecule has 0 fully saturated rings. The Hall–Kier alpha value is -1.86. The van der Waals surface area contributed by atoms with Crippen molar-refractivity contribution >= 4 is 30.4 Å². The molecule has 0 bridgehead atoms. The van der Waals surface area contributed by atoms with Crippen molar-refractivity contribution in [2.75, 3.05) is 0 Å². The van der Waals surface area contributed by atoms with E-state index in [0.717, 1.165) is 6.42 Å². The number of halogens is 1. The second-order valence-electron chi connectivity index (χ2n) is 5.95. The molecule has 3 aromatic carbocycles. The van der Waals surface area contributed by atoms with Gasteiger partial charge in [-0.15, -0.1) is 0 Å². The van der Waals surface area contributed by atoms with Gasteiger partial charge in [-0.2, -0.15) is 0 Å². The van der Waals surface area contributed by atoms with E-state index in [-0.39, 0.29) is 0 Å². The fourth-order valence-electron chi connectivity index (χ4n) is 3.00. The van der Waals surface area contributed by atoms with Crippen LogP contribution in [0.3, 0.4) is 0 Å². The number of hydrogen-bond acceptors (Lipinski definition) is 0. The van der Waals surface area contributed by atoms with Crippen molar-refractivity contribution in [1.29, 1.82) is 0 Å². The molecular weight excluding hydrogens is 435 g/mol. The predicted octanol–water partition coefficient (Wildman–Crippen LogP) is 6.43. The maximum atomic E-state index is 3.94. The normalized spacial score (nSPS) is 10.8. The molecule has 0 saturated carbocycles. The molecule has 25 heavy (non-hydrogen) atoms. The third kappa shape index (κ3) is 3.57. The third-order valence-electron chi connectivity index (χ3n) is 4.24. The van der Waals surface area contributed by atoms with Gasteiger partial charge in [-0.05, 0) is 0 Å². The van der Waals surface area contributed by atoms with Crippen LogP contribution >= 0.6 is 15.9 Å². The summed E-state index contributed by atoms with van der Waals surface area (Å²) in [5.74, 6) is 0. The molecule has 0 radical (unpaired) electrons. The first kappa shape index (κ1) is 16.6. The molecular formula is C23H17BrSe. The molecule has 0 saturated heterocycles. The van der Waals surface area contributed by atoms with Gasteiger partial charge in [0.05, 0.1) is 0 Å². The van der Waals surface area contributed by atoms with E-state index in [2.05, 4.69) is 107 Å². The van der Waals surface area contributed by atoms with Gasteiger partial charge in [0.15, 0.2) is 0 Å². The Morgan fingerprint density at radius 3 is 1.64 bits per heavy atom. The van der Waals surface area contributed by atoms with Crippen LogP contribution in [0.25, 0.3) is 20.0 Å². The Kier molecular flexibility index (Phi) is 5.03. The zero-order valence-corrected chi connectivity index (χ0v) is 17.0. The van der Waals surface area contributed by atoms with Gasteiger partial charge in [-0.1, -0.05) is 0 Å². The molecule has 0 aliphatic rings. The molecule has 0 atom stereocenters. The zero-order chi connectivity index (χ0) is 17.1. The summed E-state index contributed by atoms with van der Waals surface area (Å²) in [6.07, 6.45) is 0.962. The molecule has 0 aliphatic carbocycles. The van der Waals surface area contributed by atoms with Crippen LogP contribution in [0.2, 0.25) is 0 Å². The molecule has 0 nitrogen and oxygen atoms in total. The van der Waals surface area contributed by atoms with Crippen molar-refractivity contribution in [3.8, 4) is 20.0 Å². The van der Waals surface area contributed by atoms with Crippen molar-refractivity contribution < 1.29 is 0 Å². The summed E-state index contributed by atoms with van der Waals surface area (Å²) >= 11 is 4.24. The van der Waals surface area contributed by atoms with Crippen LogP contribution in [-0.4, -0.2) is 14.5 Å². The van der Waals surface area contributed by atoms with Gasteiger partial charge in [0.2, 0.25) is 0 Å². The first-order valence-corrected chi connectivity index (χ1v) is 10.8. The molecule has 0 N–H and O–H groups in total. The maximum absolute atomic E-state index is 3.94. The van der Waals surface area contributed by atoms with Gasteiger partial charge >= 0.3 is 163 Å². The Bertz CT molecular complexity index is 957. The quantitative estimate of drug-likeness (QED) is 0.313. The molecule has 0 unspecified atom stereocenters. The van der Waals surface area contributed by atoms with Crippen LogP contribution in [0.4, 0.5) is 0 Å². The summed E-state index contributed by atoms with van der Waals surface area (Å²) in [5.41, 5.74) is 5.45. The minimum atomic E-state index is 0.297. The summed E-state index contributed by atoms with van der Waals surface area (Å²) in [7, 11) is 0. The molecule has 1 heterocycles. The van der Waals surface area contributed by atoms with Crippen LogP contribution in [0.1, 0.15) is 11.1 Å². The van der Waals surface area contributed by atoms with E-state index >= 15 is 0 Å². The molecule has 0 spiro atoms. The first-order chi connectivity index (χ1) is 12.3. The fraction of sp³-hybridized carbons (Fsp3) is 0.0435. The van der Waals surface area contributed by atoms with Crippen molar-refractivity contribution in [3.63, 3.8) is 0 Å². The first-order valence-electron chi connectivity index (χ1n) is 8.29. The van der Waals surface area contributed by atoms with Gasteiger partial charge in [0.25, 0.3) is 0 Å². The van der Waals surface area contributed by atoms with Gasteiger partial charge in [0, 0.05) is 0 Å². The molecule has 4 rings (SSSR count). The number of hydrogen-bond donors (Lipinski definition) is 0. The molecule has 2 heteroatoms. The molecule has 4 aromatic rings. The summed E-state index contributed by atoms with van der Waals surface area (Å²) in [4.78, 5) is 0. The van der Waals surface area contributed by atoms with E-state index in [9.17, 15) is 0 Å². The van der Waals surface area contributed by atoms with E-state index in [0.29, 0.717) is 14.5 Å². The van der Waals surface area contributed by atoms with Crippen LogP contribution in [-0.2, 0) is 6.42 Å². The van der Waals surface area contributed by atoms with E-state index in [1.165, 1.54) is 35.6 Å². The monoisotopic (exact) mass is 452 g/mol. The van der Waals surface area contributed by atoms with Gasteiger partial charge in [-0.25, -0.2) is 0 Å². The van der Waals surface area contributed by atoms with Gasteiger partial charge in [0.1, 0.15) is 0 Å². The third-order valence-corrected chi connectivity index (χ3v) is 8.49. The Morgan fingerprint density at radius 1 is 0.600 bits per heavy atom. The SMILES string of the molecule is Brc1c(-c2ccccc2)[se]c(-c2ccccc2)c1Cc1ccccc1. The average Bonchev–Trinajstić information content (AvgIpc) is 3.01. The second-order valence-corrected chi connectivity index (χ2v) is 8.88. The van der Waals surface area contributed by atoms with Crippen molar-refractivity contribution in [3.05, 3.63) is 107 Å². The van der Waals surface area contributed by atoms with Crippen molar-refractivity contribution in [1.82, 2.24) is 0 Å². The average molecular weight is 452 g/mol. The summed E-state index contributed by atoms with van der Waals surface area (Å²) in [5, 5.41) is 0. The zero-order valence-electron chi connectivity index (χ0n) is 13.7. The summed E-state index contributed by atoms with van der Waals surface area (Å²) in [6.45, 7) is 0. The van der Waals surface area contributed by atoms with E-state index in [4.69, 9.17) is 0 Å². The van der Waals surface area contributed by atoms with Crippen LogP contribution in [0.5, 0.6) is 0 Å². The van der Waals surface area contributed by atoms with Gasteiger partial charge in [-0.3, -0.25) is 0 Å². The topological polar surface area (TPSA) is 0 Å². The van der Waals surface area contributed by atoms with Crippen LogP contribution in [0, 0.1) is 0 Å². The number of benzene rings is 3. The van der Waals surface area contributed by atoms with Crippen molar-refractivity contribution in [2.24, 2.45) is 0 Å².